The largest absolute Gasteiger partial charge is 0.444 e. The van der Waals surface area contributed by atoms with Gasteiger partial charge in [0.05, 0.1) is 6.42 Å². The molecule has 4 aliphatic heterocycles. The van der Waals surface area contributed by atoms with Crippen molar-refractivity contribution < 1.29 is 19.1 Å². The average Bonchev–Trinajstić information content (AvgIpc) is 3.59. The van der Waals surface area contributed by atoms with Crippen LogP contribution < -0.4 is 10.2 Å². The Kier molecular flexibility index (Phi) is 7.64. The van der Waals surface area contributed by atoms with Gasteiger partial charge in [0, 0.05) is 51.5 Å². The summed E-state index contributed by atoms with van der Waals surface area (Å²) in [6, 6.07) is 20.4. The summed E-state index contributed by atoms with van der Waals surface area (Å²) < 4.78 is 5.58. The summed E-state index contributed by atoms with van der Waals surface area (Å²) in [5.41, 5.74) is 0.847. The molecule has 9 nitrogen and oxygen atoms in total. The highest BCUT2D eigenvalue weighted by Crippen LogP contribution is 2.40. The number of carbonyl (C=O) groups is 3. The first kappa shape index (κ1) is 28.5. The molecule has 4 heterocycles. The van der Waals surface area contributed by atoms with Crippen molar-refractivity contribution in [3.05, 3.63) is 66.2 Å². The molecule has 1 spiro atoms. The van der Waals surface area contributed by atoms with Crippen LogP contribution in [-0.4, -0.2) is 89.2 Å². The number of likely N-dealkylation sites (tertiary alicyclic amines) is 3. The van der Waals surface area contributed by atoms with Gasteiger partial charge in [-0.15, -0.1) is 0 Å². The number of benzene rings is 2. The van der Waals surface area contributed by atoms with E-state index in [9.17, 15) is 14.4 Å². The summed E-state index contributed by atoms with van der Waals surface area (Å²) in [5.74, 6) is 1.01. The van der Waals surface area contributed by atoms with Crippen LogP contribution in [0.2, 0.25) is 0 Å². The molecule has 2 aromatic carbocycles. The Morgan fingerprint density at radius 1 is 0.881 bits per heavy atom. The van der Waals surface area contributed by atoms with Crippen LogP contribution in [0, 0.1) is 11.8 Å². The molecule has 9 heteroatoms. The molecule has 0 radical (unpaired) electrons. The lowest BCUT2D eigenvalue weighted by molar-refractivity contribution is -0.131. The van der Waals surface area contributed by atoms with E-state index in [1.165, 1.54) is 5.56 Å². The molecule has 4 fully saturated rings. The van der Waals surface area contributed by atoms with Crippen LogP contribution in [0.1, 0.15) is 45.6 Å². The van der Waals surface area contributed by atoms with E-state index in [-0.39, 0.29) is 24.3 Å². The van der Waals surface area contributed by atoms with Gasteiger partial charge in [-0.3, -0.25) is 14.5 Å². The molecular formula is C33H43N5O4. The maximum atomic E-state index is 13.7. The Balaban J connectivity index is 1.11. The molecule has 1 N–H and O–H groups in total. The topological polar surface area (TPSA) is 85.4 Å². The quantitative estimate of drug-likeness (QED) is 0.587. The Morgan fingerprint density at radius 3 is 2.07 bits per heavy atom. The molecule has 3 amide bonds. The van der Waals surface area contributed by atoms with Crippen LogP contribution in [0.5, 0.6) is 0 Å². The number of anilines is 1. The van der Waals surface area contributed by atoms with Gasteiger partial charge in [0.1, 0.15) is 17.3 Å². The van der Waals surface area contributed by atoms with Crippen molar-refractivity contribution in [2.45, 2.75) is 63.9 Å². The summed E-state index contributed by atoms with van der Waals surface area (Å²) in [5, 5.41) is 3.18. The minimum Gasteiger partial charge on any atom is -0.444 e. The van der Waals surface area contributed by atoms with Gasteiger partial charge < -0.3 is 24.8 Å². The molecule has 3 unspecified atom stereocenters. The van der Waals surface area contributed by atoms with Crippen LogP contribution in [0.3, 0.4) is 0 Å². The number of nitrogens with zero attached hydrogens (tertiary/aromatic N) is 4. The van der Waals surface area contributed by atoms with Gasteiger partial charge in [-0.05, 0) is 63.1 Å². The highest BCUT2D eigenvalue weighted by molar-refractivity contribution is 5.95. The first-order chi connectivity index (χ1) is 20.1. The van der Waals surface area contributed by atoms with Crippen LogP contribution >= 0.6 is 0 Å². The zero-order chi connectivity index (χ0) is 29.5. The number of fused-ring (bicyclic) bond motifs is 1. The fourth-order valence-corrected chi connectivity index (χ4v) is 7.33. The number of nitrogens with one attached hydrogen (secondary N) is 1. The lowest BCUT2D eigenvalue weighted by atomic mass is 9.85. The van der Waals surface area contributed by atoms with E-state index in [0.29, 0.717) is 37.8 Å². The molecule has 42 heavy (non-hydrogen) atoms. The molecule has 6 rings (SSSR count). The summed E-state index contributed by atoms with van der Waals surface area (Å²) in [4.78, 5) is 48.5. The van der Waals surface area contributed by atoms with E-state index in [1.54, 1.807) is 4.90 Å². The van der Waals surface area contributed by atoms with Crippen molar-refractivity contribution in [3.8, 4) is 0 Å². The highest BCUT2D eigenvalue weighted by Gasteiger charge is 2.55. The molecule has 0 bridgehead atoms. The monoisotopic (exact) mass is 573 g/mol. The molecule has 0 saturated carbocycles. The number of hydrogen-bond donors (Lipinski definition) is 1. The Hall–Kier alpha value is -3.59. The van der Waals surface area contributed by atoms with E-state index in [1.807, 2.05) is 62.1 Å². The van der Waals surface area contributed by atoms with E-state index in [4.69, 9.17) is 4.74 Å². The van der Waals surface area contributed by atoms with E-state index >= 15 is 0 Å². The summed E-state index contributed by atoms with van der Waals surface area (Å²) in [6.07, 6.45) is 0.391. The SMILES string of the molecule is CC(C)(C)OC(=O)N1CCC2(CC1)C(=O)NC(CC(=O)N1CC3CN(Cc4ccccc4)CC3C1)N2c1ccccc1. The minimum atomic E-state index is -0.815. The zero-order valence-corrected chi connectivity index (χ0v) is 25.0. The van der Waals surface area contributed by atoms with Gasteiger partial charge in [-0.25, -0.2) is 4.79 Å². The number of ether oxygens (including phenoxy) is 1. The number of amides is 3. The van der Waals surface area contributed by atoms with Crippen LogP contribution in [0.4, 0.5) is 10.5 Å². The third kappa shape index (κ3) is 5.71. The molecule has 4 saturated heterocycles. The molecular weight excluding hydrogens is 530 g/mol. The fourth-order valence-electron chi connectivity index (χ4n) is 7.33. The predicted octanol–water partition coefficient (Wildman–Crippen LogP) is 3.70. The van der Waals surface area contributed by atoms with Gasteiger partial charge >= 0.3 is 6.09 Å². The van der Waals surface area contributed by atoms with Crippen LogP contribution in [-0.2, 0) is 20.9 Å². The first-order valence-electron chi connectivity index (χ1n) is 15.3. The second-order valence-electron chi connectivity index (χ2n) is 13.4. The van der Waals surface area contributed by atoms with Crippen LogP contribution in [0.25, 0.3) is 0 Å². The predicted molar refractivity (Wildman–Crippen MR) is 161 cm³/mol. The normalized spacial score (nSPS) is 25.5. The fraction of sp³-hybridized carbons (Fsp3) is 0.545. The van der Waals surface area contributed by atoms with Gasteiger partial charge in [-0.1, -0.05) is 48.5 Å². The Bertz CT molecular complexity index is 1270. The van der Waals surface area contributed by atoms with E-state index in [2.05, 4.69) is 39.4 Å². The first-order valence-corrected chi connectivity index (χ1v) is 15.3. The lowest BCUT2D eigenvalue weighted by Gasteiger charge is -2.45. The van der Waals surface area contributed by atoms with Gasteiger partial charge in [0.15, 0.2) is 0 Å². The second kappa shape index (κ2) is 11.2. The third-order valence-corrected chi connectivity index (χ3v) is 9.30. The molecule has 2 aromatic rings. The van der Waals surface area contributed by atoms with Gasteiger partial charge in [0.25, 0.3) is 0 Å². The highest BCUT2D eigenvalue weighted by atomic mass is 16.6. The number of carbonyl (C=O) groups excluding carboxylic acids is 3. The maximum Gasteiger partial charge on any atom is 0.410 e. The van der Waals surface area contributed by atoms with E-state index in [0.717, 1.165) is 38.4 Å². The average molecular weight is 574 g/mol. The summed E-state index contributed by atoms with van der Waals surface area (Å²) in [7, 11) is 0. The Morgan fingerprint density at radius 2 is 1.48 bits per heavy atom. The summed E-state index contributed by atoms with van der Waals surface area (Å²) in [6.45, 7) is 10.9. The molecule has 224 valence electrons. The number of para-hydroxylation sites is 1. The van der Waals surface area contributed by atoms with Crippen molar-refractivity contribution in [1.82, 2.24) is 20.0 Å². The van der Waals surface area contributed by atoms with Crippen molar-refractivity contribution in [1.29, 1.82) is 0 Å². The number of piperidine rings is 1. The van der Waals surface area contributed by atoms with Gasteiger partial charge in [0.2, 0.25) is 11.8 Å². The smallest absolute Gasteiger partial charge is 0.410 e. The van der Waals surface area contributed by atoms with Crippen molar-refractivity contribution >= 4 is 23.6 Å². The van der Waals surface area contributed by atoms with Crippen molar-refractivity contribution in [2.24, 2.45) is 11.8 Å². The zero-order valence-electron chi connectivity index (χ0n) is 25.0. The van der Waals surface area contributed by atoms with Crippen LogP contribution in [0.15, 0.2) is 60.7 Å². The van der Waals surface area contributed by atoms with Gasteiger partial charge in [-0.2, -0.15) is 0 Å². The molecule has 0 aromatic heterocycles. The second-order valence-corrected chi connectivity index (χ2v) is 13.4. The molecule has 3 atom stereocenters. The molecule has 4 aliphatic rings. The lowest BCUT2D eigenvalue weighted by Crippen LogP contribution is -2.58. The Labute approximate surface area is 248 Å². The summed E-state index contributed by atoms with van der Waals surface area (Å²) >= 11 is 0. The third-order valence-electron chi connectivity index (χ3n) is 9.30. The maximum absolute atomic E-state index is 13.7. The van der Waals surface area contributed by atoms with Crippen molar-refractivity contribution in [3.63, 3.8) is 0 Å². The van der Waals surface area contributed by atoms with E-state index < -0.39 is 17.3 Å². The number of rotatable bonds is 5. The molecule has 0 aliphatic carbocycles. The van der Waals surface area contributed by atoms with Crippen molar-refractivity contribution in [2.75, 3.05) is 44.2 Å². The standard InChI is InChI=1S/C33H43N5O4/c1-32(2,3)42-31(41)36-16-14-33(15-17-36)30(40)34-28(38(33)27-12-8-5-9-13-27)18-29(39)37-22-25-20-35(21-26(25)23-37)19-24-10-6-4-7-11-24/h4-13,25-26,28H,14-23H2,1-3H3,(H,34,40). The number of hydrogen-bond acceptors (Lipinski definition) is 6. The minimum absolute atomic E-state index is 0.0668.